The Bertz CT molecular complexity index is 943. The number of nitrogens with one attached hydrogen (secondary N) is 1. The van der Waals surface area contributed by atoms with Crippen LogP contribution in [0.4, 0.5) is 5.69 Å². The van der Waals surface area contributed by atoms with Crippen molar-refractivity contribution in [3.8, 4) is 17.2 Å². The lowest BCUT2D eigenvalue weighted by atomic mass is 10.1. The van der Waals surface area contributed by atoms with Gasteiger partial charge in [0.2, 0.25) is 5.75 Å². The van der Waals surface area contributed by atoms with Crippen LogP contribution in [0.1, 0.15) is 5.56 Å². The van der Waals surface area contributed by atoms with E-state index in [0.717, 1.165) is 0 Å². The van der Waals surface area contributed by atoms with Crippen LogP contribution in [0.2, 0.25) is 5.02 Å². The lowest BCUT2D eigenvalue weighted by Gasteiger charge is -2.14. The minimum atomic E-state index is -0.248. The monoisotopic (exact) mass is 404 g/mol. The van der Waals surface area contributed by atoms with Gasteiger partial charge in [0, 0.05) is 5.56 Å². The number of thioether (sulfide) groups is 1. The predicted molar refractivity (Wildman–Crippen MR) is 108 cm³/mol. The summed E-state index contributed by atoms with van der Waals surface area (Å²) in [5.41, 5.74) is 1.28. The lowest BCUT2D eigenvalue weighted by molar-refractivity contribution is -0.115. The van der Waals surface area contributed by atoms with Crippen molar-refractivity contribution < 1.29 is 19.0 Å². The standard InChI is InChI=1S/C19H17ClN2O4S/c1-24-14-9-8-11(16(25-2)17(14)26-3)10-15-18(23)22-19(27-15)21-13-7-5-4-6-12(13)20/h4-10H,1-3H3,(H,21,22,23)/b15-10-. The molecule has 2 aromatic rings. The predicted octanol–water partition coefficient (Wildman–Crippen LogP) is 4.26. The average molecular weight is 405 g/mol. The first-order valence-corrected chi connectivity index (χ1v) is 9.10. The second kappa shape index (κ2) is 8.37. The first-order valence-electron chi connectivity index (χ1n) is 7.90. The Hall–Kier alpha value is -2.64. The molecular weight excluding hydrogens is 388 g/mol. The Morgan fingerprint density at radius 3 is 2.44 bits per heavy atom. The quantitative estimate of drug-likeness (QED) is 0.754. The fourth-order valence-electron chi connectivity index (χ4n) is 2.51. The molecule has 1 N–H and O–H groups in total. The van der Waals surface area contributed by atoms with Crippen molar-refractivity contribution in [3.63, 3.8) is 0 Å². The molecule has 1 saturated heterocycles. The fourth-order valence-corrected chi connectivity index (χ4v) is 3.52. The zero-order chi connectivity index (χ0) is 19.4. The van der Waals surface area contributed by atoms with Crippen LogP contribution in [0.5, 0.6) is 17.2 Å². The molecule has 3 rings (SSSR count). The van der Waals surface area contributed by atoms with Crippen molar-refractivity contribution in [1.29, 1.82) is 0 Å². The molecule has 0 radical (unpaired) electrons. The molecule has 27 heavy (non-hydrogen) atoms. The maximum atomic E-state index is 12.3. The van der Waals surface area contributed by atoms with E-state index < -0.39 is 0 Å². The Kier molecular flexibility index (Phi) is 5.93. The number of benzene rings is 2. The van der Waals surface area contributed by atoms with Crippen molar-refractivity contribution in [2.45, 2.75) is 0 Å². The highest BCUT2D eigenvalue weighted by Gasteiger charge is 2.25. The van der Waals surface area contributed by atoms with Crippen molar-refractivity contribution in [2.75, 3.05) is 21.3 Å². The van der Waals surface area contributed by atoms with E-state index in [1.807, 2.05) is 12.1 Å². The third kappa shape index (κ3) is 4.04. The normalized spacial score (nSPS) is 16.5. The smallest absolute Gasteiger partial charge is 0.264 e. The van der Waals surface area contributed by atoms with Crippen LogP contribution in [0, 0.1) is 0 Å². The van der Waals surface area contributed by atoms with Gasteiger partial charge in [-0.25, -0.2) is 4.99 Å². The summed E-state index contributed by atoms with van der Waals surface area (Å²) in [4.78, 5) is 17.2. The third-order valence-corrected chi connectivity index (χ3v) is 4.98. The number of halogens is 1. The van der Waals surface area contributed by atoms with Crippen LogP contribution in [0.15, 0.2) is 46.3 Å². The maximum absolute atomic E-state index is 12.3. The minimum absolute atomic E-state index is 0.248. The zero-order valence-electron chi connectivity index (χ0n) is 14.9. The molecule has 6 nitrogen and oxygen atoms in total. The number of aliphatic imine (C=N–C) groups is 1. The molecule has 0 unspecified atom stereocenters. The number of rotatable bonds is 5. The highest BCUT2D eigenvalue weighted by molar-refractivity contribution is 8.18. The number of carbonyl (C=O) groups excluding carboxylic acids is 1. The van der Waals surface area contributed by atoms with E-state index in [1.165, 1.54) is 26.0 Å². The SMILES string of the molecule is COc1ccc(/C=C2\SC(=Nc3ccccc3Cl)NC2=O)c(OC)c1OC. The van der Waals surface area contributed by atoms with Gasteiger partial charge >= 0.3 is 0 Å². The molecule has 1 heterocycles. The number of hydrogen-bond acceptors (Lipinski definition) is 6. The molecule has 0 aromatic heterocycles. The van der Waals surface area contributed by atoms with Gasteiger partial charge in [0.15, 0.2) is 16.7 Å². The number of amidine groups is 1. The Balaban J connectivity index is 1.94. The van der Waals surface area contributed by atoms with Crippen LogP contribution >= 0.6 is 23.4 Å². The average Bonchev–Trinajstić information content (AvgIpc) is 3.02. The summed E-state index contributed by atoms with van der Waals surface area (Å²) in [6.45, 7) is 0. The molecule has 1 aliphatic rings. The second-order valence-corrected chi connectivity index (χ2v) is 6.79. The van der Waals surface area contributed by atoms with Crippen LogP contribution in [-0.2, 0) is 4.79 Å². The van der Waals surface area contributed by atoms with Gasteiger partial charge in [-0.1, -0.05) is 23.7 Å². The summed E-state index contributed by atoms with van der Waals surface area (Å²) < 4.78 is 16.1. The molecule has 0 spiro atoms. The van der Waals surface area contributed by atoms with E-state index >= 15 is 0 Å². The van der Waals surface area contributed by atoms with E-state index in [-0.39, 0.29) is 5.91 Å². The number of amides is 1. The van der Waals surface area contributed by atoms with E-state index in [1.54, 1.807) is 37.5 Å². The number of ether oxygens (including phenoxy) is 3. The topological polar surface area (TPSA) is 69.2 Å². The van der Waals surface area contributed by atoms with Crippen molar-refractivity contribution >= 4 is 46.2 Å². The Morgan fingerprint density at radius 1 is 1.04 bits per heavy atom. The summed E-state index contributed by atoms with van der Waals surface area (Å²) >= 11 is 7.34. The van der Waals surface area contributed by atoms with Crippen LogP contribution in [-0.4, -0.2) is 32.4 Å². The molecular formula is C19H17ClN2O4S. The van der Waals surface area contributed by atoms with Gasteiger partial charge in [0.25, 0.3) is 5.91 Å². The second-order valence-electron chi connectivity index (χ2n) is 5.36. The first kappa shape index (κ1) is 19.1. The first-order chi connectivity index (χ1) is 13.1. The highest BCUT2D eigenvalue weighted by atomic mass is 35.5. The van der Waals surface area contributed by atoms with E-state index in [4.69, 9.17) is 25.8 Å². The largest absolute Gasteiger partial charge is 0.493 e. The Labute approximate surface area is 166 Å². The van der Waals surface area contributed by atoms with Crippen LogP contribution < -0.4 is 19.5 Å². The van der Waals surface area contributed by atoms with Gasteiger partial charge in [-0.3, -0.25) is 4.79 Å². The van der Waals surface area contributed by atoms with Crippen molar-refractivity contribution in [3.05, 3.63) is 51.9 Å². The summed E-state index contributed by atoms with van der Waals surface area (Å²) in [7, 11) is 4.61. The number of nitrogens with zero attached hydrogens (tertiary/aromatic N) is 1. The maximum Gasteiger partial charge on any atom is 0.264 e. The summed E-state index contributed by atoms with van der Waals surface area (Å²) in [5.74, 6) is 1.24. The number of para-hydroxylation sites is 1. The van der Waals surface area contributed by atoms with Crippen LogP contribution in [0.25, 0.3) is 6.08 Å². The van der Waals surface area contributed by atoms with E-state index in [0.29, 0.717) is 43.6 Å². The highest BCUT2D eigenvalue weighted by Crippen LogP contribution is 2.41. The van der Waals surface area contributed by atoms with Gasteiger partial charge < -0.3 is 19.5 Å². The molecule has 0 atom stereocenters. The Morgan fingerprint density at radius 2 is 1.78 bits per heavy atom. The van der Waals surface area contributed by atoms with Crippen molar-refractivity contribution in [1.82, 2.24) is 5.32 Å². The summed E-state index contributed by atoms with van der Waals surface area (Å²) in [6.07, 6.45) is 1.72. The molecule has 140 valence electrons. The van der Waals surface area contributed by atoms with E-state index in [2.05, 4.69) is 10.3 Å². The molecule has 8 heteroatoms. The molecule has 0 saturated carbocycles. The van der Waals surface area contributed by atoms with Gasteiger partial charge in [-0.05, 0) is 42.1 Å². The summed E-state index contributed by atoms with van der Waals surface area (Å²) in [5, 5.41) is 3.71. The minimum Gasteiger partial charge on any atom is -0.493 e. The van der Waals surface area contributed by atoms with Gasteiger partial charge in [-0.15, -0.1) is 0 Å². The summed E-state index contributed by atoms with van der Waals surface area (Å²) in [6, 6.07) is 10.7. The van der Waals surface area contributed by atoms with Gasteiger partial charge in [0.05, 0.1) is 36.9 Å². The molecule has 1 aliphatic heterocycles. The molecule has 1 amide bonds. The fraction of sp³-hybridized carbons (Fsp3) is 0.158. The molecule has 1 fully saturated rings. The van der Waals surface area contributed by atoms with E-state index in [9.17, 15) is 4.79 Å². The number of methoxy groups -OCH3 is 3. The molecule has 2 aromatic carbocycles. The molecule has 0 bridgehead atoms. The molecule has 0 aliphatic carbocycles. The van der Waals surface area contributed by atoms with Gasteiger partial charge in [-0.2, -0.15) is 0 Å². The zero-order valence-corrected chi connectivity index (χ0v) is 16.5. The van der Waals surface area contributed by atoms with Crippen molar-refractivity contribution in [2.24, 2.45) is 4.99 Å². The van der Waals surface area contributed by atoms with Gasteiger partial charge in [0.1, 0.15) is 0 Å². The third-order valence-electron chi connectivity index (χ3n) is 3.75. The number of carbonyl (C=O) groups is 1. The lowest BCUT2D eigenvalue weighted by Crippen LogP contribution is -2.19. The van der Waals surface area contributed by atoms with Crippen LogP contribution in [0.3, 0.4) is 0 Å². The number of hydrogen-bond donors (Lipinski definition) is 1.